The van der Waals surface area contributed by atoms with Gasteiger partial charge >= 0.3 is 6.03 Å². The quantitative estimate of drug-likeness (QED) is 0.777. The van der Waals surface area contributed by atoms with Gasteiger partial charge in [-0.05, 0) is 65.6 Å². The molecule has 1 heterocycles. The lowest BCUT2D eigenvalue weighted by Crippen LogP contribution is -2.40. The fourth-order valence-electron chi connectivity index (χ4n) is 1.95. The summed E-state index contributed by atoms with van der Waals surface area (Å²) in [4.78, 5) is 13.9. The lowest BCUT2D eigenvalue weighted by molar-refractivity contribution is 0.186. The number of anilines is 1. The molecule has 1 saturated heterocycles. The zero-order chi connectivity index (χ0) is 12.3. The van der Waals surface area contributed by atoms with Gasteiger partial charge in [-0.3, -0.25) is 0 Å². The van der Waals surface area contributed by atoms with Gasteiger partial charge in [0, 0.05) is 22.3 Å². The normalized spacial score (nSPS) is 16.9. The number of halogens is 1. The molecule has 4 heteroatoms. The maximum absolute atomic E-state index is 12.0. The van der Waals surface area contributed by atoms with Crippen LogP contribution in [0.25, 0.3) is 0 Å². The molecule has 3 nitrogen and oxygen atoms in total. The zero-order valence-electron chi connectivity index (χ0n) is 9.95. The van der Waals surface area contributed by atoms with Crippen LogP contribution in [0.4, 0.5) is 10.5 Å². The van der Waals surface area contributed by atoms with Crippen LogP contribution in [0.3, 0.4) is 0 Å². The Bertz CT molecular complexity index is 383. The Morgan fingerprint density at radius 1 is 1.29 bits per heavy atom. The first-order valence-electron chi connectivity index (χ1n) is 5.96. The molecule has 0 unspecified atom stereocenters. The lowest BCUT2D eigenvalue weighted by Gasteiger charge is -2.30. The van der Waals surface area contributed by atoms with Crippen LogP contribution in [-0.2, 0) is 0 Å². The first-order chi connectivity index (χ1) is 8.15. The van der Waals surface area contributed by atoms with Crippen molar-refractivity contribution in [3.63, 3.8) is 0 Å². The number of hydrogen-bond acceptors (Lipinski definition) is 1. The van der Waals surface area contributed by atoms with E-state index in [1.54, 1.807) is 0 Å². The topological polar surface area (TPSA) is 32.3 Å². The van der Waals surface area contributed by atoms with Gasteiger partial charge < -0.3 is 10.2 Å². The average molecular weight is 344 g/mol. The second kappa shape index (κ2) is 5.71. The molecular formula is C13H17IN2O. The number of amides is 2. The van der Waals surface area contributed by atoms with Crippen LogP contribution >= 0.6 is 22.6 Å². The van der Waals surface area contributed by atoms with E-state index in [2.05, 4.69) is 34.8 Å². The van der Waals surface area contributed by atoms with Gasteiger partial charge in [0.05, 0.1) is 0 Å². The number of benzene rings is 1. The lowest BCUT2D eigenvalue weighted by atomic mass is 10.00. The third-order valence-electron chi connectivity index (χ3n) is 3.17. The van der Waals surface area contributed by atoms with Crippen molar-refractivity contribution in [1.29, 1.82) is 0 Å². The summed E-state index contributed by atoms with van der Waals surface area (Å²) in [5, 5.41) is 2.94. The van der Waals surface area contributed by atoms with E-state index >= 15 is 0 Å². The summed E-state index contributed by atoms with van der Waals surface area (Å²) >= 11 is 2.25. The molecular weight excluding hydrogens is 327 g/mol. The van der Waals surface area contributed by atoms with Gasteiger partial charge in [-0.15, -0.1) is 0 Å². The van der Waals surface area contributed by atoms with Gasteiger partial charge in [-0.2, -0.15) is 0 Å². The first kappa shape index (κ1) is 12.7. The highest BCUT2D eigenvalue weighted by Crippen LogP contribution is 2.17. The number of carbonyl (C=O) groups is 1. The molecule has 17 heavy (non-hydrogen) atoms. The fourth-order valence-corrected chi connectivity index (χ4v) is 2.31. The Morgan fingerprint density at radius 3 is 2.47 bits per heavy atom. The van der Waals surface area contributed by atoms with Crippen LogP contribution < -0.4 is 5.32 Å². The maximum Gasteiger partial charge on any atom is 0.321 e. The minimum Gasteiger partial charge on any atom is -0.325 e. The first-order valence-corrected chi connectivity index (χ1v) is 7.04. The molecule has 0 bridgehead atoms. The second-order valence-corrected chi connectivity index (χ2v) is 5.85. The van der Waals surface area contributed by atoms with E-state index in [4.69, 9.17) is 0 Å². The van der Waals surface area contributed by atoms with Crippen LogP contribution in [0.2, 0.25) is 0 Å². The number of nitrogens with zero attached hydrogens (tertiary/aromatic N) is 1. The highest BCUT2D eigenvalue weighted by Gasteiger charge is 2.19. The predicted molar refractivity (Wildman–Crippen MR) is 78.1 cm³/mol. The van der Waals surface area contributed by atoms with Gasteiger partial charge in [0.15, 0.2) is 0 Å². The van der Waals surface area contributed by atoms with Gasteiger partial charge in [-0.25, -0.2) is 4.79 Å². The van der Waals surface area contributed by atoms with Crippen molar-refractivity contribution in [3.8, 4) is 0 Å². The fraction of sp³-hybridized carbons (Fsp3) is 0.462. The summed E-state index contributed by atoms with van der Waals surface area (Å²) in [5.41, 5.74) is 0.869. The number of rotatable bonds is 1. The number of piperidine rings is 1. The minimum atomic E-state index is 0.0260. The maximum atomic E-state index is 12.0. The Hall–Kier alpha value is -0.780. The number of likely N-dealkylation sites (tertiary alicyclic amines) is 1. The van der Waals surface area contributed by atoms with E-state index in [0.29, 0.717) is 0 Å². The monoisotopic (exact) mass is 344 g/mol. The van der Waals surface area contributed by atoms with Crippen molar-refractivity contribution >= 4 is 34.3 Å². The largest absolute Gasteiger partial charge is 0.325 e. The van der Waals surface area contributed by atoms with Crippen molar-refractivity contribution in [2.75, 3.05) is 18.4 Å². The summed E-state index contributed by atoms with van der Waals surface area (Å²) in [7, 11) is 0. The molecule has 0 radical (unpaired) electrons. The zero-order valence-corrected chi connectivity index (χ0v) is 12.1. The highest BCUT2D eigenvalue weighted by atomic mass is 127. The van der Waals surface area contributed by atoms with E-state index in [9.17, 15) is 4.79 Å². The van der Waals surface area contributed by atoms with Crippen LogP contribution in [0.15, 0.2) is 24.3 Å². The van der Waals surface area contributed by atoms with Crippen molar-refractivity contribution in [3.05, 3.63) is 27.8 Å². The summed E-state index contributed by atoms with van der Waals surface area (Å²) in [5.74, 6) is 0.748. The highest BCUT2D eigenvalue weighted by molar-refractivity contribution is 14.1. The van der Waals surface area contributed by atoms with Gasteiger partial charge in [0.25, 0.3) is 0 Å². The smallest absolute Gasteiger partial charge is 0.321 e. The summed E-state index contributed by atoms with van der Waals surface area (Å²) in [6.07, 6.45) is 2.22. The molecule has 1 fully saturated rings. The Kier molecular flexibility index (Phi) is 4.25. The summed E-state index contributed by atoms with van der Waals surface area (Å²) in [6.45, 7) is 3.99. The molecule has 0 spiro atoms. The Morgan fingerprint density at radius 2 is 1.88 bits per heavy atom. The SMILES string of the molecule is CC1CCN(C(=O)Nc2ccc(I)cc2)CC1. The molecule has 1 aromatic carbocycles. The van der Waals surface area contributed by atoms with Crippen LogP contribution in [-0.4, -0.2) is 24.0 Å². The van der Waals surface area contributed by atoms with E-state index in [1.807, 2.05) is 29.2 Å². The van der Waals surface area contributed by atoms with Gasteiger partial charge in [0.2, 0.25) is 0 Å². The standard InChI is InChI=1S/C13H17IN2O/c1-10-6-8-16(9-7-10)13(17)15-12-4-2-11(14)3-5-12/h2-5,10H,6-9H2,1H3,(H,15,17). The number of urea groups is 1. The van der Waals surface area contributed by atoms with Gasteiger partial charge in [0.1, 0.15) is 0 Å². The number of nitrogens with one attached hydrogen (secondary N) is 1. The van der Waals surface area contributed by atoms with Crippen molar-refractivity contribution < 1.29 is 4.79 Å². The average Bonchev–Trinajstić information content (AvgIpc) is 2.33. The minimum absolute atomic E-state index is 0.0260. The molecule has 1 aromatic rings. The molecule has 1 aliphatic rings. The summed E-state index contributed by atoms with van der Waals surface area (Å²) < 4.78 is 1.17. The van der Waals surface area contributed by atoms with E-state index in [1.165, 1.54) is 3.57 Å². The molecule has 0 saturated carbocycles. The van der Waals surface area contributed by atoms with Crippen molar-refractivity contribution in [2.45, 2.75) is 19.8 Å². The Balaban J connectivity index is 1.90. The van der Waals surface area contributed by atoms with E-state index < -0.39 is 0 Å². The molecule has 92 valence electrons. The van der Waals surface area contributed by atoms with Crippen LogP contribution in [0, 0.1) is 9.49 Å². The molecule has 2 rings (SSSR count). The molecule has 1 aliphatic heterocycles. The van der Waals surface area contributed by atoms with Crippen molar-refractivity contribution in [2.24, 2.45) is 5.92 Å². The summed E-state index contributed by atoms with van der Waals surface area (Å²) in [6, 6.07) is 7.89. The third-order valence-corrected chi connectivity index (χ3v) is 3.89. The Labute approximate surface area is 116 Å². The van der Waals surface area contributed by atoms with E-state index in [0.717, 1.165) is 37.5 Å². The van der Waals surface area contributed by atoms with E-state index in [-0.39, 0.29) is 6.03 Å². The molecule has 1 N–H and O–H groups in total. The van der Waals surface area contributed by atoms with Gasteiger partial charge in [-0.1, -0.05) is 6.92 Å². The predicted octanol–water partition coefficient (Wildman–Crippen LogP) is 3.56. The third kappa shape index (κ3) is 3.59. The number of hydrogen-bond donors (Lipinski definition) is 1. The van der Waals surface area contributed by atoms with Crippen LogP contribution in [0.1, 0.15) is 19.8 Å². The van der Waals surface area contributed by atoms with Crippen molar-refractivity contribution in [1.82, 2.24) is 4.90 Å². The molecule has 0 aliphatic carbocycles. The molecule has 0 aromatic heterocycles. The number of carbonyl (C=O) groups excluding carboxylic acids is 1. The van der Waals surface area contributed by atoms with Crippen LogP contribution in [0.5, 0.6) is 0 Å². The second-order valence-electron chi connectivity index (χ2n) is 4.61. The molecule has 0 atom stereocenters. The molecule has 2 amide bonds.